The zero-order chi connectivity index (χ0) is 17.3. The van der Waals surface area contributed by atoms with Gasteiger partial charge in [-0.2, -0.15) is 0 Å². The van der Waals surface area contributed by atoms with Crippen LogP contribution in [0.1, 0.15) is 44.5 Å². The van der Waals surface area contributed by atoms with Crippen LogP contribution in [0.4, 0.5) is 0 Å². The van der Waals surface area contributed by atoms with Crippen molar-refractivity contribution in [3.63, 3.8) is 0 Å². The van der Waals surface area contributed by atoms with Gasteiger partial charge in [0.05, 0.1) is 23.4 Å². The molecule has 0 bridgehead atoms. The van der Waals surface area contributed by atoms with Gasteiger partial charge < -0.3 is 19.0 Å². The predicted molar refractivity (Wildman–Crippen MR) is 84.0 cm³/mol. The molecule has 132 valence electrons. The molecular weight excluding hydrogens is 324 g/mol. The predicted octanol–water partition coefficient (Wildman–Crippen LogP) is 2.29. The Morgan fingerprint density at radius 3 is 2.80 bits per heavy atom. The van der Waals surface area contributed by atoms with E-state index in [-0.39, 0.29) is 23.9 Å². The molecule has 5 rings (SSSR count). The second kappa shape index (κ2) is 4.97. The summed E-state index contributed by atoms with van der Waals surface area (Å²) in [7, 11) is 0. The van der Waals surface area contributed by atoms with Crippen molar-refractivity contribution in [1.29, 1.82) is 0 Å². The third-order valence-corrected chi connectivity index (χ3v) is 6.65. The minimum absolute atomic E-state index is 0.0288. The van der Waals surface area contributed by atoms with Gasteiger partial charge in [0.25, 0.3) is 0 Å². The molecule has 1 aromatic heterocycles. The molecule has 2 aliphatic heterocycles. The number of aliphatic hydroxyl groups excluding tert-OH is 1. The van der Waals surface area contributed by atoms with E-state index in [2.05, 4.69) is 0 Å². The Balaban J connectivity index is 1.61. The highest BCUT2D eigenvalue weighted by Crippen LogP contribution is 2.62. The zero-order valence-electron chi connectivity index (χ0n) is 13.9. The molecule has 1 saturated carbocycles. The van der Waals surface area contributed by atoms with Crippen molar-refractivity contribution < 1.29 is 28.6 Å². The zero-order valence-corrected chi connectivity index (χ0v) is 13.9. The third-order valence-electron chi connectivity index (χ3n) is 6.65. The van der Waals surface area contributed by atoms with Crippen LogP contribution in [0.2, 0.25) is 0 Å². The molecule has 6 atom stereocenters. The molecule has 1 N–H and O–H groups in total. The first-order chi connectivity index (χ1) is 12.0. The van der Waals surface area contributed by atoms with Gasteiger partial charge in [-0.15, -0.1) is 0 Å². The van der Waals surface area contributed by atoms with Crippen molar-refractivity contribution in [2.45, 2.75) is 50.9 Å². The summed E-state index contributed by atoms with van der Waals surface area (Å²) in [6.45, 7) is 2.04. The van der Waals surface area contributed by atoms with Gasteiger partial charge >= 0.3 is 11.9 Å². The second-order valence-corrected chi connectivity index (χ2v) is 7.70. The van der Waals surface area contributed by atoms with Gasteiger partial charge in [0.15, 0.2) is 6.10 Å². The van der Waals surface area contributed by atoms with Crippen LogP contribution in [0, 0.1) is 17.3 Å². The summed E-state index contributed by atoms with van der Waals surface area (Å²) < 4.78 is 16.7. The summed E-state index contributed by atoms with van der Waals surface area (Å²) in [5.41, 5.74) is 0.559. The lowest BCUT2D eigenvalue weighted by atomic mass is 9.54. The summed E-state index contributed by atoms with van der Waals surface area (Å²) in [5.74, 6) is -0.0640. The first-order valence-electron chi connectivity index (χ1n) is 8.90. The highest BCUT2D eigenvalue weighted by Gasteiger charge is 2.65. The van der Waals surface area contributed by atoms with Gasteiger partial charge in [0.1, 0.15) is 11.9 Å². The maximum absolute atomic E-state index is 13.0. The van der Waals surface area contributed by atoms with E-state index in [1.54, 1.807) is 12.3 Å². The topological polar surface area (TPSA) is 86.0 Å². The number of esters is 2. The number of ether oxygens (including phenoxy) is 2. The SMILES string of the molecule is C[C@@H]1C[C@@H]2OC(=O)C3=C2[C@H](CC[C@@H]3O)[C@@]12C[C@@H](c1ccco1)OC2=O. The first-order valence-corrected chi connectivity index (χ1v) is 8.90. The molecule has 2 fully saturated rings. The number of aliphatic hydroxyl groups is 1. The molecule has 0 unspecified atom stereocenters. The molecular formula is C19H20O6. The molecule has 2 aliphatic carbocycles. The van der Waals surface area contributed by atoms with Gasteiger partial charge in [-0.25, -0.2) is 4.79 Å². The molecule has 6 heteroatoms. The lowest BCUT2D eigenvalue weighted by Gasteiger charge is -2.47. The van der Waals surface area contributed by atoms with Gasteiger partial charge in [-0.3, -0.25) is 4.79 Å². The molecule has 0 radical (unpaired) electrons. The Morgan fingerprint density at radius 1 is 1.20 bits per heavy atom. The Labute approximate surface area is 144 Å². The molecule has 0 aromatic carbocycles. The molecule has 4 aliphatic rings. The van der Waals surface area contributed by atoms with Crippen LogP contribution in [0.25, 0.3) is 0 Å². The summed E-state index contributed by atoms with van der Waals surface area (Å²) in [6, 6.07) is 3.61. The van der Waals surface area contributed by atoms with Gasteiger partial charge in [-0.1, -0.05) is 6.92 Å². The molecule has 0 amide bonds. The Hall–Kier alpha value is -2.08. The number of carbonyl (C=O) groups excluding carboxylic acids is 2. The number of cyclic esters (lactones) is 1. The Morgan fingerprint density at radius 2 is 2.04 bits per heavy atom. The van der Waals surface area contributed by atoms with Crippen molar-refractivity contribution in [1.82, 2.24) is 0 Å². The maximum Gasteiger partial charge on any atom is 0.337 e. The Bertz CT molecular complexity index is 778. The highest BCUT2D eigenvalue weighted by atomic mass is 16.6. The lowest BCUT2D eigenvalue weighted by Crippen LogP contribution is -2.50. The first kappa shape index (κ1) is 15.2. The minimum atomic E-state index is -0.785. The van der Waals surface area contributed by atoms with Gasteiger partial charge in [0.2, 0.25) is 0 Å². The van der Waals surface area contributed by atoms with E-state index in [0.29, 0.717) is 37.0 Å². The largest absolute Gasteiger partial charge is 0.465 e. The van der Waals surface area contributed by atoms with E-state index in [9.17, 15) is 14.7 Å². The van der Waals surface area contributed by atoms with Crippen LogP contribution in [0.5, 0.6) is 0 Å². The van der Waals surface area contributed by atoms with E-state index in [4.69, 9.17) is 13.9 Å². The molecule has 3 heterocycles. The normalized spacial score (nSPS) is 42.6. The number of furan rings is 1. The monoisotopic (exact) mass is 344 g/mol. The van der Waals surface area contributed by atoms with E-state index in [1.807, 2.05) is 13.0 Å². The fourth-order valence-electron chi connectivity index (χ4n) is 5.49. The second-order valence-electron chi connectivity index (χ2n) is 7.70. The highest BCUT2D eigenvalue weighted by molar-refractivity contribution is 5.95. The molecule has 1 aromatic rings. The number of fused-ring (bicyclic) bond motifs is 1. The van der Waals surface area contributed by atoms with E-state index < -0.39 is 23.6 Å². The smallest absolute Gasteiger partial charge is 0.337 e. The van der Waals surface area contributed by atoms with Crippen LogP contribution in [-0.2, 0) is 19.1 Å². The maximum atomic E-state index is 13.0. The molecule has 25 heavy (non-hydrogen) atoms. The van der Waals surface area contributed by atoms with Crippen molar-refractivity contribution in [2.24, 2.45) is 17.3 Å². The molecule has 1 spiro atoms. The van der Waals surface area contributed by atoms with Gasteiger partial charge in [-0.05, 0) is 42.9 Å². The van der Waals surface area contributed by atoms with Crippen molar-refractivity contribution in [3.05, 3.63) is 35.3 Å². The summed E-state index contributed by atoms with van der Waals surface area (Å²) in [5, 5.41) is 10.3. The summed E-state index contributed by atoms with van der Waals surface area (Å²) >= 11 is 0. The van der Waals surface area contributed by atoms with Crippen molar-refractivity contribution >= 4 is 11.9 Å². The van der Waals surface area contributed by atoms with Crippen LogP contribution in [-0.4, -0.2) is 29.3 Å². The van der Waals surface area contributed by atoms with Crippen molar-refractivity contribution in [3.8, 4) is 0 Å². The molecule has 1 saturated heterocycles. The fraction of sp³-hybridized carbons (Fsp3) is 0.579. The molecule has 6 nitrogen and oxygen atoms in total. The van der Waals surface area contributed by atoms with E-state index >= 15 is 0 Å². The lowest BCUT2D eigenvalue weighted by molar-refractivity contribution is -0.157. The Kier molecular flexibility index (Phi) is 3.02. The third kappa shape index (κ3) is 1.83. The van der Waals surface area contributed by atoms with E-state index in [0.717, 1.165) is 5.57 Å². The quantitative estimate of drug-likeness (QED) is 0.787. The number of rotatable bonds is 1. The van der Waals surface area contributed by atoms with Crippen LogP contribution in [0.15, 0.2) is 34.0 Å². The summed E-state index contributed by atoms with van der Waals surface area (Å²) in [4.78, 5) is 25.3. The van der Waals surface area contributed by atoms with Crippen molar-refractivity contribution in [2.75, 3.05) is 0 Å². The van der Waals surface area contributed by atoms with E-state index in [1.165, 1.54) is 0 Å². The number of hydrogen-bond donors (Lipinski definition) is 1. The van der Waals surface area contributed by atoms with Crippen LogP contribution < -0.4 is 0 Å². The number of carbonyl (C=O) groups is 2. The minimum Gasteiger partial charge on any atom is -0.465 e. The summed E-state index contributed by atoms with van der Waals surface area (Å²) in [6.07, 6.45) is 2.36. The van der Waals surface area contributed by atoms with Crippen LogP contribution in [0.3, 0.4) is 0 Å². The van der Waals surface area contributed by atoms with Crippen LogP contribution >= 0.6 is 0 Å². The average Bonchev–Trinajstić information content (AvgIpc) is 3.27. The fourth-order valence-corrected chi connectivity index (χ4v) is 5.49. The number of hydrogen-bond acceptors (Lipinski definition) is 6. The average molecular weight is 344 g/mol. The van der Waals surface area contributed by atoms with Gasteiger partial charge in [0, 0.05) is 12.3 Å². The standard InChI is InChI=1S/C19H20O6/c1-9-7-13-15-10(4-5-11(20)16(15)17(21)24-13)19(9)8-14(25-18(19)22)12-3-2-6-23-12/h2-3,6,9-11,13-14,20H,4-5,7-8H2,1H3/t9-,10+,11+,13+,14+,19-/m1/s1.